The first-order valence-corrected chi connectivity index (χ1v) is 10.0. The van der Waals surface area contributed by atoms with E-state index in [-0.39, 0.29) is 0 Å². The number of allylic oxidation sites excluding steroid dienone is 4. The molecule has 44 heavy (non-hydrogen) atoms. The second-order valence-electron chi connectivity index (χ2n) is 8.68. The fourth-order valence-electron chi connectivity index (χ4n) is 2.93. The first-order chi connectivity index (χ1) is 18.7. The zero-order valence-corrected chi connectivity index (χ0v) is 19.4. The molecule has 0 heterocycles. The second-order valence-corrected chi connectivity index (χ2v) is 8.68. The molecule has 1 aliphatic carbocycles. The predicted octanol–water partition coefficient (Wildman–Crippen LogP) is 10.1. The maximum atomic E-state index is 13.9. The van der Waals surface area contributed by atoms with Crippen LogP contribution >= 0.6 is 0 Å². The van der Waals surface area contributed by atoms with E-state index in [1.165, 1.54) is 0 Å². The van der Waals surface area contributed by atoms with Gasteiger partial charge in [-0.1, -0.05) is 0 Å². The van der Waals surface area contributed by atoms with Crippen LogP contribution in [0, 0.1) is 0 Å². The van der Waals surface area contributed by atoms with E-state index >= 15 is 0 Å². The van der Waals surface area contributed by atoms with Crippen molar-refractivity contribution in [1.29, 1.82) is 0 Å². The first-order valence-electron chi connectivity index (χ1n) is 10.0. The molecule has 0 saturated heterocycles. The van der Waals surface area contributed by atoms with E-state index in [0.29, 0.717) is 0 Å². The largest absolute Gasteiger partial charge is 0.460 e. The van der Waals surface area contributed by atoms with Crippen LogP contribution in [0.5, 0.6) is 0 Å². The molecule has 0 unspecified atom stereocenters. The molecule has 0 N–H and O–H groups in total. The van der Waals surface area contributed by atoms with E-state index in [1.807, 2.05) is 0 Å². The molecule has 0 spiro atoms. The molecule has 1 saturated carbocycles. The minimum absolute atomic E-state index is 1.56. The Hall–Kier alpha value is -2.34. The lowest BCUT2D eigenvalue weighted by molar-refractivity contribution is -0.436. The Morgan fingerprint density at radius 1 is 0.273 bits per heavy atom. The van der Waals surface area contributed by atoms with E-state index in [2.05, 4.69) is 0 Å². The summed E-state index contributed by atoms with van der Waals surface area (Å²) in [6, 6.07) is 0. The predicted molar refractivity (Wildman–Crippen MR) is 87.0 cm³/mol. The summed E-state index contributed by atoms with van der Waals surface area (Å²) in [7, 11) is 0. The molecule has 0 atom stereocenters. The molecule has 0 amide bonds. The topological polar surface area (TPSA) is 0 Å². The summed E-state index contributed by atoms with van der Waals surface area (Å²) in [6.45, 7) is 0. The number of hydrogen-bond acceptors (Lipinski definition) is 0. The van der Waals surface area contributed by atoms with Crippen LogP contribution in [0.3, 0.4) is 0 Å². The van der Waals surface area contributed by atoms with Gasteiger partial charge in [0, 0.05) is 0 Å². The van der Waals surface area contributed by atoms with Crippen molar-refractivity contribution >= 4 is 0 Å². The third kappa shape index (κ3) is 5.21. The number of alkyl halides is 26. The molecular weight excluding hydrogens is 710 g/mol. The summed E-state index contributed by atoms with van der Waals surface area (Å²) in [4.78, 5) is 0. The van der Waals surface area contributed by atoms with Gasteiger partial charge in [0.15, 0.2) is 0 Å². The van der Waals surface area contributed by atoms with Crippen molar-refractivity contribution in [3.8, 4) is 0 Å². The highest BCUT2D eigenvalue weighted by molar-refractivity contribution is 5.43. The van der Waals surface area contributed by atoms with Crippen LogP contribution in [-0.2, 0) is 0 Å². The van der Waals surface area contributed by atoms with E-state index < -0.39 is 108 Å². The number of halogens is 26. The second kappa shape index (κ2) is 10.1. The molecule has 0 radical (unpaired) electrons. The van der Waals surface area contributed by atoms with Gasteiger partial charge in [0.1, 0.15) is 0 Å². The molecule has 0 nitrogen and oxygen atoms in total. The van der Waals surface area contributed by atoms with Crippen LogP contribution < -0.4 is 0 Å². The lowest BCUT2D eigenvalue weighted by Gasteiger charge is -2.40. The first kappa shape index (κ1) is 39.7. The van der Waals surface area contributed by atoms with Crippen molar-refractivity contribution in [3.63, 3.8) is 0 Å². The zero-order chi connectivity index (χ0) is 36.0. The van der Waals surface area contributed by atoms with E-state index in [4.69, 9.17) is 0 Å². The standard InChI is InChI=1S/C18H6F26/c19-7(20,9(23,24)11(27,28)13(31,32)15(35,36)17(39,40)41)3-5-1-2-6(5)4-8(21,22)10(25,26)12(29,30)14(33,34)16(37,38)18(42,43)44/h3-4H,1-2H2. The van der Waals surface area contributed by atoms with Crippen LogP contribution in [0.1, 0.15) is 12.8 Å². The summed E-state index contributed by atoms with van der Waals surface area (Å²) < 4.78 is 341. The summed E-state index contributed by atoms with van der Waals surface area (Å²) >= 11 is 0. The SMILES string of the molecule is FC(F)(F)C(F)(F)C(F)(F)C(F)(F)C(F)(F)C(F)(F)C=C1CCC1=CC(F)(F)C(F)(F)C(F)(F)C(F)(F)C(F)(F)C(F)(F)F. The average Bonchev–Trinajstić information content (AvgIpc) is 2.77. The van der Waals surface area contributed by atoms with Crippen molar-refractivity contribution in [3.05, 3.63) is 23.3 Å². The highest BCUT2D eigenvalue weighted by Gasteiger charge is 2.92. The van der Waals surface area contributed by atoms with Gasteiger partial charge in [0.2, 0.25) is 0 Å². The highest BCUT2D eigenvalue weighted by atomic mass is 19.4. The van der Waals surface area contributed by atoms with Gasteiger partial charge in [-0.3, -0.25) is 0 Å². The number of hydrogen-bond donors (Lipinski definition) is 0. The maximum Gasteiger partial charge on any atom is 0.460 e. The zero-order valence-electron chi connectivity index (χ0n) is 19.4. The third-order valence-corrected chi connectivity index (χ3v) is 5.70. The molecule has 1 fully saturated rings. The fraction of sp³-hybridized carbons (Fsp3) is 0.778. The van der Waals surface area contributed by atoms with Crippen molar-refractivity contribution in [2.75, 3.05) is 0 Å². The Bertz CT molecular complexity index is 1050. The highest BCUT2D eigenvalue weighted by Crippen LogP contribution is 2.63. The fourth-order valence-corrected chi connectivity index (χ4v) is 2.93. The van der Waals surface area contributed by atoms with Gasteiger partial charge in [-0.2, -0.15) is 114 Å². The van der Waals surface area contributed by atoms with E-state index in [0.717, 1.165) is 0 Å². The van der Waals surface area contributed by atoms with Crippen molar-refractivity contribution < 1.29 is 114 Å². The van der Waals surface area contributed by atoms with Crippen LogP contribution in [-0.4, -0.2) is 71.6 Å². The molecule has 26 heteroatoms. The molecule has 260 valence electrons. The maximum absolute atomic E-state index is 13.9. The Labute approximate surface area is 223 Å². The third-order valence-electron chi connectivity index (χ3n) is 5.70. The van der Waals surface area contributed by atoms with Crippen LogP contribution in [0.15, 0.2) is 23.3 Å². The summed E-state index contributed by atoms with van der Waals surface area (Å²) in [5.74, 6) is -80.5. The molecule has 0 aromatic heterocycles. The van der Waals surface area contributed by atoms with Gasteiger partial charge in [-0.05, 0) is 36.1 Å². The summed E-state index contributed by atoms with van der Waals surface area (Å²) in [5.41, 5.74) is -4.41. The van der Waals surface area contributed by atoms with E-state index in [9.17, 15) is 114 Å². The van der Waals surface area contributed by atoms with Gasteiger partial charge < -0.3 is 0 Å². The molecule has 0 bridgehead atoms. The molecule has 0 aromatic carbocycles. The molecule has 1 aliphatic rings. The van der Waals surface area contributed by atoms with Gasteiger partial charge in [-0.15, -0.1) is 0 Å². The quantitative estimate of drug-likeness (QED) is 0.198. The van der Waals surface area contributed by atoms with Crippen molar-refractivity contribution in [2.45, 2.75) is 84.4 Å². The van der Waals surface area contributed by atoms with Gasteiger partial charge in [-0.25, -0.2) is 0 Å². The summed E-state index contributed by atoms with van der Waals surface area (Å²) in [6.07, 6.45) is -22.6. The van der Waals surface area contributed by atoms with Crippen LogP contribution in [0.4, 0.5) is 114 Å². The van der Waals surface area contributed by atoms with Crippen molar-refractivity contribution in [1.82, 2.24) is 0 Å². The Morgan fingerprint density at radius 3 is 0.614 bits per heavy atom. The van der Waals surface area contributed by atoms with Crippen molar-refractivity contribution in [2.24, 2.45) is 0 Å². The lowest BCUT2D eigenvalue weighted by Crippen LogP contribution is -2.70. The van der Waals surface area contributed by atoms with E-state index in [1.54, 1.807) is 0 Å². The Kier molecular flexibility index (Phi) is 9.09. The monoisotopic (exact) mass is 716 g/mol. The average molecular weight is 716 g/mol. The number of rotatable bonds is 10. The van der Waals surface area contributed by atoms with Gasteiger partial charge in [0.25, 0.3) is 0 Å². The summed E-state index contributed by atoms with van der Waals surface area (Å²) in [5, 5.41) is 0. The smallest absolute Gasteiger partial charge is 0.195 e. The van der Waals surface area contributed by atoms with Gasteiger partial charge in [0.05, 0.1) is 0 Å². The molecular formula is C18H6F26. The Morgan fingerprint density at radius 2 is 0.455 bits per heavy atom. The minimum Gasteiger partial charge on any atom is -0.195 e. The normalized spacial score (nSPS) is 20.0. The van der Waals surface area contributed by atoms with Crippen LogP contribution in [0.25, 0.3) is 0 Å². The molecule has 0 aromatic rings. The lowest BCUT2D eigenvalue weighted by atomic mass is 9.81. The molecule has 0 aliphatic heterocycles. The Balaban J connectivity index is 3.66. The minimum atomic E-state index is -8.42. The van der Waals surface area contributed by atoms with Crippen LogP contribution in [0.2, 0.25) is 0 Å². The molecule has 1 rings (SSSR count). The van der Waals surface area contributed by atoms with Gasteiger partial charge >= 0.3 is 71.6 Å².